The molecule has 0 bridgehead atoms. The van der Waals surface area contributed by atoms with Gasteiger partial charge in [0.15, 0.2) is 5.37 Å². The molecule has 2 aromatic rings. The number of hydrogen-bond acceptors (Lipinski definition) is 5. The van der Waals surface area contributed by atoms with Crippen LogP contribution in [0.4, 0.5) is 4.79 Å². The summed E-state index contributed by atoms with van der Waals surface area (Å²) in [7, 11) is -3.92. The summed E-state index contributed by atoms with van der Waals surface area (Å²) in [5, 5.41) is 10.0. The van der Waals surface area contributed by atoms with Crippen LogP contribution in [0.5, 0.6) is 0 Å². The minimum atomic E-state index is -3.92. The van der Waals surface area contributed by atoms with Gasteiger partial charge in [-0.3, -0.25) is 0 Å². The Balaban J connectivity index is 2.44. The van der Waals surface area contributed by atoms with Gasteiger partial charge in [0.05, 0.1) is 16.5 Å². The summed E-state index contributed by atoms with van der Waals surface area (Å²) in [6.07, 6.45) is -0.841. The van der Waals surface area contributed by atoms with Gasteiger partial charge in [-0.05, 0) is 50.6 Å². The molecule has 0 fully saturated rings. The van der Waals surface area contributed by atoms with E-state index < -0.39 is 26.9 Å². The summed E-state index contributed by atoms with van der Waals surface area (Å²) in [4.78, 5) is 12.3. The fourth-order valence-corrected chi connectivity index (χ4v) is 3.81. The standard InChI is InChI=1S/C19H20N2O4S/c1-19(2,3)25-18(22)21-17(15-11-9-14(13-20)10-12-15)26(23,24)16-7-5-4-6-8-16/h4-12,17H,1-3H3,(H,21,22)/t17-/m1/s1. The number of carbonyl (C=O) groups is 1. The Morgan fingerprint density at radius 2 is 1.65 bits per heavy atom. The smallest absolute Gasteiger partial charge is 0.408 e. The molecule has 0 spiro atoms. The zero-order chi connectivity index (χ0) is 19.4. The summed E-state index contributed by atoms with van der Waals surface area (Å²) >= 11 is 0. The Kier molecular flexibility index (Phi) is 5.68. The van der Waals surface area contributed by atoms with E-state index in [1.807, 2.05) is 6.07 Å². The zero-order valence-electron chi connectivity index (χ0n) is 14.8. The highest BCUT2D eigenvalue weighted by molar-refractivity contribution is 7.91. The molecule has 0 aliphatic heterocycles. The van der Waals surface area contributed by atoms with Gasteiger partial charge in [-0.1, -0.05) is 30.3 Å². The van der Waals surface area contributed by atoms with Crippen molar-refractivity contribution >= 4 is 15.9 Å². The van der Waals surface area contributed by atoms with Crippen LogP contribution >= 0.6 is 0 Å². The van der Waals surface area contributed by atoms with Crippen molar-refractivity contribution in [3.8, 4) is 6.07 Å². The molecule has 1 N–H and O–H groups in total. The summed E-state index contributed by atoms with van der Waals surface area (Å²) in [6, 6.07) is 15.8. The van der Waals surface area contributed by atoms with Crippen molar-refractivity contribution in [2.24, 2.45) is 0 Å². The SMILES string of the molecule is CC(C)(C)OC(=O)N[C@@H](c1ccc(C#N)cc1)S(=O)(=O)c1ccccc1. The highest BCUT2D eigenvalue weighted by Gasteiger charge is 2.32. The molecule has 0 heterocycles. The minimum Gasteiger partial charge on any atom is -0.444 e. The Morgan fingerprint density at radius 3 is 2.15 bits per heavy atom. The Morgan fingerprint density at radius 1 is 1.08 bits per heavy atom. The van der Waals surface area contributed by atoms with Gasteiger partial charge < -0.3 is 10.1 Å². The maximum absolute atomic E-state index is 13.1. The average molecular weight is 372 g/mol. The van der Waals surface area contributed by atoms with Crippen LogP contribution < -0.4 is 5.32 Å². The van der Waals surface area contributed by atoms with Crippen molar-refractivity contribution in [2.45, 2.75) is 36.6 Å². The molecule has 7 heteroatoms. The molecule has 0 aliphatic rings. The topological polar surface area (TPSA) is 96.3 Å². The molecule has 26 heavy (non-hydrogen) atoms. The molecule has 2 aromatic carbocycles. The predicted molar refractivity (Wildman–Crippen MR) is 96.9 cm³/mol. The van der Waals surface area contributed by atoms with Crippen LogP contribution in [0.1, 0.15) is 37.3 Å². The van der Waals surface area contributed by atoms with E-state index in [0.717, 1.165) is 0 Å². The van der Waals surface area contributed by atoms with Gasteiger partial charge in [0, 0.05) is 0 Å². The van der Waals surface area contributed by atoms with E-state index in [2.05, 4.69) is 5.32 Å². The number of rotatable bonds is 4. The van der Waals surface area contributed by atoms with Crippen molar-refractivity contribution in [3.63, 3.8) is 0 Å². The molecule has 0 saturated carbocycles. The number of ether oxygens (including phenoxy) is 1. The number of amides is 1. The van der Waals surface area contributed by atoms with E-state index in [-0.39, 0.29) is 4.90 Å². The van der Waals surface area contributed by atoms with Gasteiger partial charge in [0.25, 0.3) is 0 Å². The van der Waals surface area contributed by atoms with Crippen LogP contribution in [-0.4, -0.2) is 20.1 Å². The van der Waals surface area contributed by atoms with Crippen LogP contribution in [0.25, 0.3) is 0 Å². The van der Waals surface area contributed by atoms with E-state index in [4.69, 9.17) is 10.00 Å². The highest BCUT2D eigenvalue weighted by Crippen LogP contribution is 2.27. The van der Waals surface area contributed by atoms with E-state index in [0.29, 0.717) is 11.1 Å². The number of nitriles is 1. The molecule has 1 amide bonds. The molecule has 0 aromatic heterocycles. The fraction of sp³-hybridized carbons (Fsp3) is 0.263. The van der Waals surface area contributed by atoms with Crippen molar-refractivity contribution in [2.75, 3.05) is 0 Å². The van der Waals surface area contributed by atoms with Crippen molar-refractivity contribution in [3.05, 3.63) is 65.7 Å². The van der Waals surface area contributed by atoms with Gasteiger partial charge in [0.2, 0.25) is 9.84 Å². The lowest BCUT2D eigenvalue weighted by atomic mass is 10.1. The molecular weight excluding hydrogens is 352 g/mol. The first-order valence-electron chi connectivity index (χ1n) is 7.92. The van der Waals surface area contributed by atoms with Gasteiger partial charge in [-0.25, -0.2) is 13.2 Å². The number of sulfone groups is 1. The first kappa shape index (κ1) is 19.5. The molecule has 6 nitrogen and oxygen atoms in total. The molecule has 2 rings (SSSR count). The Hall–Kier alpha value is -2.85. The first-order chi connectivity index (χ1) is 12.1. The molecule has 0 aliphatic carbocycles. The number of hydrogen-bond donors (Lipinski definition) is 1. The average Bonchev–Trinajstić information content (AvgIpc) is 2.59. The number of carbonyl (C=O) groups excluding carboxylic acids is 1. The van der Waals surface area contributed by atoms with Crippen molar-refractivity contribution in [1.82, 2.24) is 5.32 Å². The largest absolute Gasteiger partial charge is 0.444 e. The summed E-state index contributed by atoms with van der Waals surface area (Å²) in [6.45, 7) is 5.07. The van der Waals surface area contributed by atoms with Gasteiger partial charge in [-0.15, -0.1) is 0 Å². The maximum Gasteiger partial charge on any atom is 0.408 e. The molecule has 1 atom stereocenters. The second kappa shape index (κ2) is 7.58. The fourth-order valence-electron chi connectivity index (χ4n) is 2.23. The third kappa shape index (κ3) is 4.83. The van der Waals surface area contributed by atoms with Gasteiger partial charge in [0.1, 0.15) is 5.60 Å². The molecule has 136 valence electrons. The van der Waals surface area contributed by atoms with Crippen LogP contribution in [0.2, 0.25) is 0 Å². The normalized spacial score (nSPS) is 12.7. The summed E-state index contributed by atoms with van der Waals surface area (Å²) in [5.74, 6) is 0. The summed E-state index contributed by atoms with van der Waals surface area (Å²) < 4.78 is 31.3. The van der Waals surface area contributed by atoms with E-state index in [9.17, 15) is 13.2 Å². The van der Waals surface area contributed by atoms with Crippen LogP contribution in [0.3, 0.4) is 0 Å². The van der Waals surface area contributed by atoms with E-state index in [1.165, 1.54) is 36.4 Å². The Labute approximate surface area is 153 Å². The number of nitrogens with one attached hydrogen (secondary N) is 1. The highest BCUT2D eigenvalue weighted by atomic mass is 32.2. The first-order valence-corrected chi connectivity index (χ1v) is 9.46. The van der Waals surface area contributed by atoms with E-state index in [1.54, 1.807) is 39.0 Å². The van der Waals surface area contributed by atoms with Crippen LogP contribution in [0.15, 0.2) is 59.5 Å². The quantitative estimate of drug-likeness (QED) is 0.885. The lowest BCUT2D eigenvalue weighted by Crippen LogP contribution is -2.38. The summed E-state index contributed by atoms with van der Waals surface area (Å²) in [5.41, 5.74) is -0.0453. The lowest BCUT2D eigenvalue weighted by Gasteiger charge is -2.24. The third-order valence-corrected chi connectivity index (χ3v) is 5.31. The monoisotopic (exact) mass is 372 g/mol. The number of alkyl carbamates (subject to hydrolysis) is 1. The second-order valence-electron chi connectivity index (χ2n) is 6.62. The molecule has 0 radical (unpaired) electrons. The number of nitrogens with zero attached hydrogens (tertiary/aromatic N) is 1. The Bertz CT molecular complexity index is 909. The minimum absolute atomic E-state index is 0.0745. The lowest BCUT2D eigenvalue weighted by molar-refractivity contribution is 0.0519. The molecular formula is C19H20N2O4S. The maximum atomic E-state index is 13.1. The molecule has 0 unspecified atom stereocenters. The van der Waals surface area contributed by atoms with Crippen LogP contribution in [0, 0.1) is 11.3 Å². The van der Waals surface area contributed by atoms with Crippen LogP contribution in [-0.2, 0) is 14.6 Å². The third-order valence-electron chi connectivity index (χ3n) is 3.37. The molecule has 0 saturated heterocycles. The van der Waals surface area contributed by atoms with Gasteiger partial charge in [-0.2, -0.15) is 5.26 Å². The number of benzene rings is 2. The van der Waals surface area contributed by atoms with Crippen molar-refractivity contribution in [1.29, 1.82) is 5.26 Å². The second-order valence-corrected chi connectivity index (χ2v) is 8.65. The predicted octanol–water partition coefficient (Wildman–Crippen LogP) is 3.56. The van der Waals surface area contributed by atoms with Crippen molar-refractivity contribution < 1.29 is 17.9 Å². The van der Waals surface area contributed by atoms with Gasteiger partial charge >= 0.3 is 6.09 Å². The van der Waals surface area contributed by atoms with E-state index >= 15 is 0 Å². The zero-order valence-corrected chi connectivity index (χ0v) is 15.6.